The molecule has 1 aliphatic heterocycles. The first-order valence-electron chi connectivity index (χ1n) is 10.2. The van der Waals surface area contributed by atoms with Gasteiger partial charge in [0, 0.05) is 25.2 Å². The van der Waals surface area contributed by atoms with Crippen LogP contribution in [-0.2, 0) is 4.74 Å². The van der Waals surface area contributed by atoms with Gasteiger partial charge in [0.05, 0.1) is 29.4 Å². The van der Waals surface area contributed by atoms with Crippen molar-refractivity contribution in [1.82, 2.24) is 14.9 Å². The number of benzene rings is 2. The van der Waals surface area contributed by atoms with E-state index < -0.39 is 11.6 Å². The van der Waals surface area contributed by atoms with Crippen molar-refractivity contribution in [1.29, 1.82) is 5.41 Å². The summed E-state index contributed by atoms with van der Waals surface area (Å²) < 4.78 is 33.1. The lowest BCUT2D eigenvalue weighted by molar-refractivity contribution is 0.0378. The summed E-state index contributed by atoms with van der Waals surface area (Å²) >= 11 is 5.77. The SMILES string of the molecule is N=C(c1ccc(F)c2nc(NCCCN3CCOCC3)[nH]c12)N(O)c1ccc(F)c(Cl)c1. The van der Waals surface area contributed by atoms with E-state index in [4.69, 9.17) is 21.7 Å². The van der Waals surface area contributed by atoms with Gasteiger partial charge in [-0.15, -0.1) is 0 Å². The minimum atomic E-state index is -0.641. The van der Waals surface area contributed by atoms with Gasteiger partial charge in [-0.3, -0.25) is 15.5 Å². The second-order valence-electron chi connectivity index (χ2n) is 7.40. The molecule has 4 N–H and O–H groups in total. The first kappa shape index (κ1) is 22.4. The molecule has 170 valence electrons. The molecule has 0 unspecified atom stereocenters. The molecule has 2 aromatic carbocycles. The molecule has 2 heterocycles. The number of H-pyrrole nitrogens is 1. The molecule has 4 rings (SSSR count). The first-order chi connectivity index (χ1) is 15.4. The van der Waals surface area contributed by atoms with Crippen LogP contribution in [0.5, 0.6) is 0 Å². The quantitative estimate of drug-likeness (QED) is 0.183. The molecule has 0 spiro atoms. The molecular weight excluding hydrogens is 442 g/mol. The summed E-state index contributed by atoms with van der Waals surface area (Å²) in [6, 6.07) is 6.12. The molecule has 0 aliphatic carbocycles. The van der Waals surface area contributed by atoms with E-state index in [9.17, 15) is 14.0 Å². The molecule has 8 nitrogen and oxygen atoms in total. The van der Waals surface area contributed by atoms with Gasteiger partial charge < -0.3 is 15.0 Å². The molecule has 3 aromatic rings. The fourth-order valence-corrected chi connectivity index (χ4v) is 3.71. The average Bonchev–Trinajstić information content (AvgIpc) is 3.24. The summed E-state index contributed by atoms with van der Waals surface area (Å²) in [6.45, 7) is 4.87. The molecule has 0 amide bonds. The Balaban J connectivity index is 1.48. The van der Waals surface area contributed by atoms with E-state index in [1.54, 1.807) is 0 Å². The van der Waals surface area contributed by atoms with Gasteiger partial charge in [0.25, 0.3) is 0 Å². The van der Waals surface area contributed by atoms with Crippen molar-refractivity contribution in [2.24, 2.45) is 0 Å². The number of halogens is 3. The van der Waals surface area contributed by atoms with Gasteiger partial charge >= 0.3 is 0 Å². The zero-order chi connectivity index (χ0) is 22.7. The highest BCUT2D eigenvalue weighted by Crippen LogP contribution is 2.26. The number of ether oxygens (including phenoxy) is 1. The number of hydrogen-bond donors (Lipinski definition) is 4. The predicted molar refractivity (Wildman–Crippen MR) is 119 cm³/mol. The average molecular weight is 465 g/mol. The highest BCUT2D eigenvalue weighted by molar-refractivity contribution is 6.31. The Morgan fingerprint density at radius 3 is 2.75 bits per heavy atom. The monoisotopic (exact) mass is 464 g/mol. The largest absolute Gasteiger partial charge is 0.379 e. The highest BCUT2D eigenvalue weighted by Gasteiger charge is 2.20. The normalized spacial score (nSPS) is 14.6. The van der Waals surface area contributed by atoms with E-state index in [2.05, 4.69) is 20.2 Å². The van der Waals surface area contributed by atoms with Gasteiger partial charge in [-0.05, 0) is 43.3 Å². The maximum atomic E-state index is 14.4. The fourth-order valence-electron chi connectivity index (χ4n) is 3.54. The summed E-state index contributed by atoms with van der Waals surface area (Å²) in [6.07, 6.45) is 0.873. The third-order valence-corrected chi connectivity index (χ3v) is 5.55. The second kappa shape index (κ2) is 9.78. The first-order valence-corrected chi connectivity index (χ1v) is 10.6. The number of fused-ring (bicyclic) bond motifs is 1. The molecule has 1 fully saturated rings. The van der Waals surface area contributed by atoms with E-state index in [0.29, 0.717) is 17.6 Å². The fraction of sp³-hybridized carbons (Fsp3) is 0.333. The molecule has 1 saturated heterocycles. The minimum absolute atomic E-state index is 0.0495. The number of morpholine rings is 1. The van der Waals surface area contributed by atoms with Crippen LogP contribution in [0, 0.1) is 17.0 Å². The molecule has 0 bridgehead atoms. The molecule has 0 saturated carbocycles. The number of amidine groups is 1. The van der Waals surface area contributed by atoms with Crippen LogP contribution in [0.2, 0.25) is 5.02 Å². The number of aromatic amines is 1. The third kappa shape index (κ3) is 4.83. The molecule has 32 heavy (non-hydrogen) atoms. The number of hydroxylamine groups is 1. The number of nitrogens with one attached hydrogen (secondary N) is 3. The van der Waals surface area contributed by atoms with Crippen molar-refractivity contribution in [3.05, 3.63) is 52.6 Å². The van der Waals surface area contributed by atoms with E-state index in [0.717, 1.165) is 45.3 Å². The topological polar surface area (TPSA) is 100 Å². The van der Waals surface area contributed by atoms with Crippen molar-refractivity contribution in [3.63, 3.8) is 0 Å². The van der Waals surface area contributed by atoms with E-state index in [-0.39, 0.29) is 33.1 Å². The predicted octanol–water partition coefficient (Wildman–Crippen LogP) is 3.85. The van der Waals surface area contributed by atoms with Crippen LogP contribution < -0.4 is 10.4 Å². The Bertz CT molecular complexity index is 1120. The molecule has 0 radical (unpaired) electrons. The lowest BCUT2D eigenvalue weighted by atomic mass is 10.1. The van der Waals surface area contributed by atoms with Crippen molar-refractivity contribution in [2.75, 3.05) is 49.8 Å². The Morgan fingerprint density at radius 2 is 2.00 bits per heavy atom. The van der Waals surface area contributed by atoms with Crippen LogP contribution in [0.4, 0.5) is 20.4 Å². The lowest BCUT2D eigenvalue weighted by Crippen LogP contribution is -2.37. The van der Waals surface area contributed by atoms with Crippen molar-refractivity contribution in [3.8, 4) is 0 Å². The molecule has 1 aromatic heterocycles. The van der Waals surface area contributed by atoms with Gasteiger partial charge in [-0.25, -0.2) is 18.8 Å². The maximum Gasteiger partial charge on any atom is 0.201 e. The van der Waals surface area contributed by atoms with E-state index in [1.807, 2.05) is 0 Å². The zero-order valence-electron chi connectivity index (χ0n) is 17.2. The van der Waals surface area contributed by atoms with Crippen LogP contribution in [-0.4, -0.2) is 65.3 Å². The molecule has 1 aliphatic rings. The number of rotatable bonds is 7. The molecule has 0 atom stereocenters. The second-order valence-corrected chi connectivity index (χ2v) is 7.80. The van der Waals surface area contributed by atoms with Gasteiger partial charge in [-0.1, -0.05) is 11.6 Å². The van der Waals surface area contributed by atoms with E-state index >= 15 is 0 Å². The van der Waals surface area contributed by atoms with Crippen LogP contribution in [0.15, 0.2) is 30.3 Å². The number of anilines is 2. The summed E-state index contributed by atoms with van der Waals surface area (Å²) in [5, 5.41) is 22.3. The van der Waals surface area contributed by atoms with Crippen LogP contribution in [0.3, 0.4) is 0 Å². The number of imidazole rings is 1. The Morgan fingerprint density at radius 1 is 1.25 bits per heavy atom. The van der Waals surface area contributed by atoms with Gasteiger partial charge in [0.1, 0.15) is 11.3 Å². The highest BCUT2D eigenvalue weighted by atomic mass is 35.5. The smallest absolute Gasteiger partial charge is 0.201 e. The summed E-state index contributed by atoms with van der Waals surface area (Å²) in [7, 11) is 0. The van der Waals surface area contributed by atoms with Crippen LogP contribution in [0.1, 0.15) is 12.0 Å². The summed E-state index contributed by atoms with van der Waals surface area (Å²) in [5.41, 5.74) is 0.629. The van der Waals surface area contributed by atoms with Gasteiger partial charge in [0.15, 0.2) is 11.7 Å². The van der Waals surface area contributed by atoms with Crippen molar-refractivity contribution in [2.45, 2.75) is 6.42 Å². The summed E-state index contributed by atoms with van der Waals surface area (Å²) in [5.74, 6) is -1.17. The Kier molecular flexibility index (Phi) is 6.85. The molecule has 11 heteroatoms. The van der Waals surface area contributed by atoms with Crippen molar-refractivity contribution >= 4 is 40.1 Å². The van der Waals surface area contributed by atoms with Gasteiger partial charge in [0.2, 0.25) is 5.95 Å². The lowest BCUT2D eigenvalue weighted by Gasteiger charge is -2.26. The number of nitrogens with zero attached hydrogens (tertiary/aromatic N) is 3. The minimum Gasteiger partial charge on any atom is -0.379 e. The number of aromatic nitrogens is 2. The van der Waals surface area contributed by atoms with Crippen LogP contribution >= 0.6 is 11.6 Å². The Labute approximate surface area is 188 Å². The van der Waals surface area contributed by atoms with Crippen molar-refractivity contribution < 1.29 is 18.7 Å². The molecular formula is C21H23ClF2N6O2. The van der Waals surface area contributed by atoms with Gasteiger partial charge in [-0.2, -0.15) is 0 Å². The standard InChI is InChI=1S/C21H23ClF2N6O2/c22-15-12-13(2-4-16(15)23)30(31)20(25)14-3-5-17(24)19-18(14)27-21(28-19)26-6-1-7-29-8-10-32-11-9-29/h2-5,12,25,31H,1,6-11H2,(H2,26,27,28). The third-order valence-electron chi connectivity index (χ3n) is 5.26. The van der Waals surface area contributed by atoms with E-state index in [1.165, 1.54) is 24.3 Å². The Hall–Kier alpha value is -2.79. The summed E-state index contributed by atoms with van der Waals surface area (Å²) in [4.78, 5) is 9.57. The zero-order valence-corrected chi connectivity index (χ0v) is 17.9. The maximum absolute atomic E-state index is 14.4. The van der Waals surface area contributed by atoms with Crippen LogP contribution in [0.25, 0.3) is 11.0 Å². The number of hydrogen-bond acceptors (Lipinski definition) is 6.